The molecule has 35 heavy (non-hydrogen) atoms. The lowest BCUT2D eigenvalue weighted by atomic mass is 10.0. The first-order chi connectivity index (χ1) is 16.9. The van der Waals surface area contributed by atoms with Gasteiger partial charge in [0.25, 0.3) is 5.91 Å². The number of amides is 1. The van der Waals surface area contributed by atoms with Crippen molar-refractivity contribution in [2.75, 3.05) is 26.2 Å². The molecule has 1 amide bonds. The van der Waals surface area contributed by atoms with Crippen molar-refractivity contribution in [2.24, 2.45) is 5.73 Å². The van der Waals surface area contributed by atoms with Crippen LogP contribution in [0.3, 0.4) is 0 Å². The number of aliphatic hydroxyl groups excluding tert-OH is 5. The number of hydrogen-bond acceptors (Lipinski definition) is 7. The second kappa shape index (κ2) is 23.1. The molecule has 0 heterocycles. The minimum atomic E-state index is -1.89. The minimum Gasteiger partial charge on any atom is -0.394 e. The van der Waals surface area contributed by atoms with E-state index in [-0.39, 0.29) is 0 Å². The molecular formula is C27H52N2O6. The molecule has 8 heteroatoms. The van der Waals surface area contributed by atoms with Gasteiger partial charge < -0.3 is 36.2 Å². The van der Waals surface area contributed by atoms with E-state index in [0.29, 0.717) is 26.1 Å². The number of aliphatic hydroxyl groups is 5. The molecule has 7 N–H and O–H groups in total. The average molecular weight is 501 g/mol. The molecule has 0 saturated carbocycles. The second-order valence-corrected chi connectivity index (χ2v) is 9.23. The second-order valence-electron chi connectivity index (χ2n) is 9.23. The van der Waals surface area contributed by atoms with E-state index in [1.54, 1.807) is 0 Å². The maximum absolute atomic E-state index is 12.6. The molecule has 0 aromatic heterocycles. The molecular weight excluding hydrogens is 448 g/mol. The van der Waals surface area contributed by atoms with E-state index in [1.807, 2.05) is 0 Å². The van der Waals surface area contributed by atoms with Gasteiger partial charge in [0.05, 0.1) is 6.61 Å². The van der Waals surface area contributed by atoms with E-state index in [4.69, 9.17) is 10.8 Å². The lowest BCUT2D eigenvalue weighted by Crippen LogP contribution is -2.53. The summed E-state index contributed by atoms with van der Waals surface area (Å²) in [5, 5.41) is 48.3. The fourth-order valence-electron chi connectivity index (χ4n) is 3.76. The van der Waals surface area contributed by atoms with Crippen molar-refractivity contribution in [3.63, 3.8) is 0 Å². The predicted molar refractivity (Wildman–Crippen MR) is 141 cm³/mol. The predicted octanol–water partition coefficient (Wildman–Crippen LogP) is 2.41. The lowest BCUT2D eigenvalue weighted by Gasteiger charge is -2.30. The molecule has 0 rings (SSSR count). The van der Waals surface area contributed by atoms with Gasteiger partial charge in [-0.15, -0.1) is 0 Å². The summed E-state index contributed by atoms with van der Waals surface area (Å²) in [6.45, 7) is 2.59. The Labute approximate surface area is 212 Å². The molecule has 0 aliphatic rings. The first kappa shape index (κ1) is 33.7. The van der Waals surface area contributed by atoms with E-state index in [1.165, 1.54) is 43.4 Å². The Morgan fingerprint density at radius 3 is 1.89 bits per heavy atom. The SMILES string of the molecule is CCCCCC=CCC=CCCCCCCCCN(CCCN)C(=O)[C@H](O)[C@@H](O)[C@H](O)[C@H](O)CO. The third kappa shape index (κ3) is 16.9. The minimum absolute atomic E-state index is 0.345. The smallest absolute Gasteiger partial charge is 0.254 e. The van der Waals surface area contributed by atoms with Crippen molar-refractivity contribution in [1.29, 1.82) is 0 Å². The van der Waals surface area contributed by atoms with E-state index < -0.39 is 36.9 Å². The van der Waals surface area contributed by atoms with Crippen LogP contribution in [0.25, 0.3) is 0 Å². The Balaban J connectivity index is 4.10. The number of unbranched alkanes of at least 4 members (excludes halogenated alkanes) is 9. The third-order valence-corrected chi connectivity index (χ3v) is 6.08. The Bertz CT molecular complexity index is 558. The van der Waals surface area contributed by atoms with Crippen LogP contribution in [0.2, 0.25) is 0 Å². The maximum atomic E-state index is 12.6. The molecule has 206 valence electrons. The van der Waals surface area contributed by atoms with Crippen molar-refractivity contribution in [3.05, 3.63) is 24.3 Å². The highest BCUT2D eigenvalue weighted by molar-refractivity contribution is 5.81. The van der Waals surface area contributed by atoms with Crippen LogP contribution in [0.15, 0.2) is 24.3 Å². The zero-order valence-electron chi connectivity index (χ0n) is 21.8. The van der Waals surface area contributed by atoms with Crippen LogP contribution in [-0.2, 0) is 4.79 Å². The van der Waals surface area contributed by atoms with Crippen LogP contribution < -0.4 is 5.73 Å². The highest BCUT2D eigenvalue weighted by atomic mass is 16.4. The number of hydrogen-bond donors (Lipinski definition) is 6. The van der Waals surface area contributed by atoms with Crippen molar-refractivity contribution >= 4 is 5.91 Å². The summed E-state index contributed by atoms with van der Waals surface area (Å²) in [7, 11) is 0. The van der Waals surface area contributed by atoms with E-state index >= 15 is 0 Å². The molecule has 0 saturated heterocycles. The molecule has 0 aromatic rings. The zero-order valence-corrected chi connectivity index (χ0v) is 21.8. The van der Waals surface area contributed by atoms with E-state index in [0.717, 1.165) is 38.5 Å². The molecule has 0 bridgehead atoms. The summed E-state index contributed by atoms with van der Waals surface area (Å²) in [6, 6.07) is 0. The van der Waals surface area contributed by atoms with Crippen molar-refractivity contribution in [3.8, 4) is 0 Å². The Morgan fingerprint density at radius 2 is 1.31 bits per heavy atom. The quantitative estimate of drug-likeness (QED) is 0.0932. The fourth-order valence-corrected chi connectivity index (χ4v) is 3.76. The normalized spacial score (nSPS) is 15.5. The van der Waals surface area contributed by atoms with Gasteiger partial charge in [-0.05, 0) is 51.5 Å². The summed E-state index contributed by atoms with van der Waals surface area (Å²) >= 11 is 0. The van der Waals surface area contributed by atoms with Crippen LogP contribution >= 0.6 is 0 Å². The number of carbonyl (C=O) groups is 1. The van der Waals surface area contributed by atoms with Gasteiger partial charge in [0.15, 0.2) is 6.10 Å². The number of rotatable bonds is 23. The largest absolute Gasteiger partial charge is 0.394 e. The summed E-state index contributed by atoms with van der Waals surface area (Å²) in [4.78, 5) is 14.1. The molecule has 8 nitrogen and oxygen atoms in total. The first-order valence-electron chi connectivity index (χ1n) is 13.5. The summed E-state index contributed by atoms with van der Waals surface area (Å²) < 4.78 is 0. The molecule has 0 spiro atoms. The molecule has 0 aliphatic carbocycles. The fraction of sp³-hybridized carbons (Fsp3) is 0.815. The van der Waals surface area contributed by atoms with Crippen LogP contribution in [0.5, 0.6) is 0 Å². The van der Waals surface area contributed by atoms with E-state index in [9.17, 15) is 25.2 Å². The number of nitrogens with zero attached hydrogens (tertiary/aromatic N) is 1. The average Bonchev–Trinajstić information content (AvgIpc) is 2.87. The first-order valence-corrected chi connectivity index (χ1v) is 13.5. The maximum Gasteiger partial charge on any atom is 0.254 e. The van der Waals surface area contributed by atoms with Gasteiger partial charge in [-0.3, -0.25) is 4.79 Å². The highest BCUT2D eigenvalue weighted by Gasteiger charge is 2.36. The topological polar surface area (TPSA) is 147 Å². The molecule has 0 aromatic carbocycles. The zero-order chi connectivity index (χ0) is 26.3. The van der Waals surface area contributed by atoms with Gasteiger partial charge in [-0.2, -0.15) is 0 Å². The molecule has 0 aliphatic heterocycles. The monoisotopic (exact) mass is 500 g/mol. The van der Waals surface area contributed by atoms with Crippen molar-refractivity contribution < 1.29 is 30.3 Å². The van der Waals surface area contributed by atoms with Gasteiger partial charge in [0, 0.05) is 13.1 Å². The summed E-state index contributed by atoms with van der Waals surface area (Å²) in [5.41, 5.74) is 5.55. The third-order valence-electron chi connectivity index (χ3n) is 6.08. The standard InChI is InChI=1S/C27H52N2O6/c1-2-3-4-5-6-7-8-9-10-11-12-13-14-15-16-17-20-29(21-18-19-28)27(35)26(34)25(33)24(32)23(31)22-30/h6-7,9-10,23-26,30-34H,2-5,8,11-22,28H2,1H3/t23-,24-,25+,26-/m1/s1. The van der Waals surface area contributed by atoms with Crippen LogP contribution in [0.4, 0.5) is 0 Å². The summed E-state index contributed by atoms with van der Waals surface area (Å²) in [6.07, 6.45) is 15.7. The van der Waals surface area contributed by atoms with E-state index in [2.05, 4.69) is 31.2 Å². The van der Waals surface area contributed by atoms with Gasteiger partial charge in [-0.25, -0.2) is 0 Å². The van der Waals surface area contributed by atoms with Gasteiger partial charge in [-0.1, -0.05) is 69.8 Å². The van der Waals surface area contributed by atoms with Crippen molar-refractivity contribution in [2.45, 2.75) is 115 Å². The molecule has 0 fully saturated rings. The Morgan fingerprint density at radius 1 is 0.771 bits per heavy atom. The molecule has 0 radical (unpaired) electrons. The molecule has 0 unspecified atom stereocenters. The number of nitrogens with two attached hydrogens (primary N) is 1. The lowest BCUT2D eigenvalue weighted by molar-refractivity contribution is -0.158. The van der Waals surface area contributed by atoms with Crippen LogP contribution in [0.1, 0.15) is 90.4 Å². The highest BCUT2D eigenvalue weighted by Crippen LogP contribution is 2.12. The summed E-state index contributed by atoms with van der Waals surface area (Å²) in [5.74, 6) is -0.710. The number of allylic oxidation sites excluding steroid dienone is 4. The van der Waals surface area contributed by atoms with Crippen LogP contribution in [0, 0.1) is 0 Å². The van der Waals surface area contributed by atoms with Gasteiger partial charge in [0.2, 0.25) is 0 Å². The Kier molecular flexibility index (Phi) is 22.3. The molecule has 4 atom stereocenters. The van der Waals surface area contributed by atoms with Gasteiger partial charge in [0.1, 0.15) is 18.3 Å². The van der Waals surface area contributed by atoms with Crippen molar-refractivity contribution in [1.82, 2.24) is 4.90 Å². The van der Waals surface area contributed by atoms with Gasteiger partial charge >= 0.3 is 0 Å². The number of carbonyl (C=O) groups excluding carboxylic acids is 1. The van der Waals surface area contributed by atoms with Crippen LogP contribution in [-0.4, -0.2) is 87.0 Å². The Hall–Kier alpha value is -1.29.